The first-order valence-electron chi connectivity index (χ1n) is 2.28. The van der Waals surface area contributed by atoms with E-state index in [1.807, 2.05) is 12.8 Å². The monoisotopic (exact) mass is 97.1 g/mol. The molecular weight excluding hydrogens is 88.1 g/mol. The Morgan fingerprint density at radius 2 is 2.29 bits per heavy atom. The van der Waals surface area contributed by atoms with E-state index in [1.54, 1.807) is 6.92 Å². The molecule has 0 aliphatic heterocycles. The van der Waals surface area contributed by atoms with Crippen molar-refractivity contribution in [2.75, 3.05) is 0 Å². The molecule has 0 bridgehead atoms. The van der Waals surface area contributed by atoms with Gasteiger partial charge in [0.1, 0.15) is 0 Å². The lowest BCUT2D eigenvalue weighted by molar-refractivity contribution is 0.118. The van der Waals surface area contributed by atoms with Gasteiger partial charge < -0.3 is 17.5 Å². The minimum absolute atomic E-state index is 0.552. The topological polar surface area (TPSA) is 20.2 Å². The van der Waals surface area contributed by atoms with Gasteiger partial charge in [-0.25, -0.2) is 0 Å². The molecule has 0 aromatic carbocycles. The zero-order valence-corrected chi connectivity index (χ0v) is 4.65. The normalized spacial score (nSPS) is 17.4. The van der Waals surface area contributed by atoms with Crippen LogP contribution in [0.2, 0.25) is 0 Å². The Balaban J connectivity index is 3.66. The van der Waals surface area contributed by atoms with Crippen LogP contribution in [0.1, 0.15) is 20.3 Å². The van der Waals surface area contributed by atoms with Crippen LogP contribution in [0.4, 0.5) is 0 Å². The van der Waals surface area contributed by atoms with Crippen LogP contribution in [0.15, 0.2) is 0 Å². The molecule has 0 radical (unpaired) electrons. The van der Waals surface area contributed by atoms with E-state index >= 15 is 0 Å². The molecule has 0 aromatic heterocycles. The van der Waals surface area contributed by atoms with Crippen molar-refractivity contribution in [2.24, 2.45) is 0 Å². The largest absolute Gasteiger partial charge is 0.691 e. The fourth-order valence-electron chi connectivity index (χ4n) is 0.0884. The van der Waals surface area contributed by atoms with Crippen molar-refractivity contribution in [1.29, 1.82) is 0 Å². The molecule has 1 nitrogen and oxygen atoms in total. The lowest BCUT2D eigenvalue weighted by Crippen LogP contribution is -2.18. The zero-order valence-electron chi connectivity index (χ0n) is 4.65. The molecular formula is C6H9O-. The first kappa shape index (κ1) is 6.52. The summed E-state index contributed by atoms with van der Waals surface area (Å²) in [6, 6.07) is 0. The van der Waals surface area contributed by atoms with Gasteiger partial charge in [0.2, 0.25) is 0 Å². The van der Waals surface area contributed by atoms with Crippen molar-refractivity contribution >= 4 is 0 Å². The van der Waals surface area contributed by atoms with E-state index in [2.05, 4.69) is 0 Å². The maximum Gasteiger partial charge on any atom is 0.0840 e. The molecule has 0 fully saturated rings. The van der Waals surface area contributed by atoms with Crippen LogP contribution in [0.25, 0.3) is 0 Å². The summed E-state index contributed by atoms with van der Waals surface area (Å²) in [5.41, 5.74) is -1.00. The molecule has 0 saturated heterocycles. The summed E-state index contributed by atoms with van der Waals surface area (Å²) in [6.45, 7) is 3.36. The predicted molar refractivity (Wildman–Crippen MR) is 28.0 cm³/mol. The summed E-state index contributed by atoms with van der Waals surface area (Å²) in [6.07, 6.45) is 7.06. The van der Waals surface area contributed by atoms with Gasteiger partial charge in [-0.15, -0.1) is 0 Å². The van der Waals surface area contributed by atoms with Gasteiger partial charge in [-0.2, -0.15) is 0 Å². The third-order valence-corrected chi connectivity index (χ3v) is 0.958. The zero-order chi connectivity index (χ0) is 5.91. The minimum Gasteiger partial charge on any atom is -0.691 e. The first-order chi connectivity index (χ1) is 3.12. The SMILES string of the molecule is [C-]#CC(C)(O)CC. The smallest absolute Gasteiger partial charge is 0.0840 e. The average molecular weight is 97.1 g/mol. The fourth-order valence-corrected chi connectivity index (χ4v) is 0.0884. The number of hydrogen-bond donors (Lipinski definition) is 1. The highest BCUT2D eigenvalue weighted by atomic mass is 16.3. The molecule has 0 aromatic rings. The van der Waals surface area contributed by atoms with Crippen molar-refractivity contribution in [1.82, 2.24) is 0 Å². The summed E-state index contributed by atoms with van der Waals surface area (Å²) in [5, 5.41) is 8.83. The molecule has 1 atom stereocenters. The van der Waals surface area contributed by atoms with Crippen LogP contribution in [0.5, 0.6) is 0 Å². The molecule has 0 spiro atoms. The number of aliphatic hydroxyl groups is 1. The molecule has 0 heterocycles. The Labute approximate surface area is 44.4 Å². The molecule has 1 N–H and O–H groups in total. The Morgan fingerprint density at radius 3 is 2.29 bits per heavy atom. The Hall–Kier alpha value is -0.480. The van der Waals surface area contributed by atoms with Gasteiger partial charge in [0.15, 0.2) is 0 Å². The highest BCUT2D eigenvalue weighted by Crippen LogP contribution is 2.03. The Bertz CT molecular complexity index is 86.8. The summed E-state index contributed by atoms with van der Waals surface area (Å²) in [5.74, 6) is 2.00. The van der Waals surface area contributed by atoms with Crippen LogP contribution in [0, 0.1) is 12.3 Å². The molecule has 40 valence electrons. The molecule has 1 unspecified atom stereocenters. The van der Waals surface area contributed by atoms with Crippen molar-refractivity contribution < 1.29 is 5.11 Å². The van der Waals surface area contributed by atoms with Crippen molar-refractivity contribution in [3.05, 3.63) is 6.42 Å². The van der Waals surface area contributed by atoms with E-state index in [0.717, 1.165) is 0 Å². The van der Waals surface area contributed by atoms with Gasteiger partial charge in [-0.1, -0.05) is 6.92 Å². The fraction of sp³-hybridized carbons (Fsp3) is 0.667. The molecule has 0 aliphatic carbocycles. The highest BCUT2D eigenvalue weighted by molar-refractivity contribution is 4.98. The third-order valence-electron chi connectivity index (χ3n) is 0.958. The minimum atomic E-state index is -1.00. The van der Waals surface area contributed by atoms with Crippen LogP contribution in [-0.2, 0) is 0 Å². The van der Waals surface area contributed by atoms with Gasteiger partial charge in [-0.05, 0) is 13.3 Å². The maximum absolute atomic E-state index is 8.83. The van der Waals surface area contributed by atoms with Gasteiger partial charge in [0.25, 0.3) is 0 Å². The van der Waals surface area contributed by atoms with Gasteiger partial charge in [-0.3, -0.25) is 0 Å². The molecule has 1 heteroatoms. The van der Waals surface area contributed by atoms with Gasteiger partial charge in [0, 0.05) is 0 Å². The first-order valence-corrected chi connectivity index (χ1v) is 2.28. The summed E-state index contributed by atoms with van der Waals surface area (Å²) in [7, 11) is 0. The van der Waals surface area contributed by atoms with E-state index in [0.29, 0.717) is 6.42 Å². The lowest BCUT2D eigenvalue weighted by Gasteiger charge is -2.16. The van der Waals surface area contributed by atoms with Crippen LogP contribution >= 0.6 is 0 Å². The van der Waals surface area contributed by atoms with Crippen LogP contribution in [-0.4, -0.2) is 10.7 Å². The maximum atomic E-state index is 8.83. The van der Waals surface area contributed by atoms with Crippen molar-refractivity contribution in [3.8, 4) is 5.92 Å². The molecule has 7 heavy (non-hydrogen) atoms. The summed E-state index contributed by atoms with van der Waals surface area (Å²) in [4.78, 5) is 0. The summed E-state index contributed by atoms with van der Waals surface area (Å²) >= 11 is 0. The van der Waals surface area contributed by atoms with Crippen LogP contribution < -0.4 is 0 Å². The predicted octanol–water partition coefficient (Wildman–Crippen LogP) is 0.737. The standard InChI is InChI=1S/C6H9O/c1-4-6(3,7)5-2/h7H,4H2,1,3H3/q-1. The highest BCUT2D eigenvalue weighted by Gasteiger charge is 2.05. The second-order valence-electron chi connectivity index (χ2n) is 1.75. The number of rotatable bonds is 1. The van der Waals surface area contributed by atoms with E-state index < -0.39 is 5.60 Å². The lowest BCUT2D eigenvalue weighted by atomic mass is 10.1. The van der Waals surface area contributed by atoms with E-state index in [4.69, 9.17) is 11.5 Å². The van der Waals surface area contributed by atoms with Gasteiger partial charge >= 0.3 is 0 Å². The molecule has 0 rings (SSSR count). The second-order valence-corrected chi connectivity index (χ2v) is 1.75. The molecule has 0 saturated carbocycles. The van der Waals surface area contributed by atoms with Crippen LogP contribution in [0.3, 0.4) is 0 Å². The van der Waals surface area contributed by atoms with E-state index in [-0.39, 0.29) is 0 Å². The second kappa shape index (κ2) is 1.99. The quantitative estimate of drug-likeness (QED) is 0.378. The molecule has 0 aliphatic rings. The van der Waals surface area contributed by atoms with E-state index in [1.165, 1.54) is 0 Å². The molecule has 0 amide bonds. The van der Waals surface area contributed by atoms with Crippen molar-refractivity contribution in [3.63, 3.8) is 0 Å². The number of hydrogen-bond acceptors (Lipinski definition) is 1. The summed E-state index contributed by atoms with van der Waals surface area (Å²) < 4.78 is 0. The third kappa shape index (κ3) is 2.24. The van der Waals surface area contributed by atoms with Gasteiger partial charge in [0.05, 0.1) is 5.60 Å². The average Bonchev–Trinajstić information content (AvgIpc) is 1.68. The Kier molecular flexibility index (Phi) is 1.86. The Morgan fingerprint density at radius 1 is 1.86 bits per heavy atom. The van der Waals surface area contributed by atoms with Crippen molar-refractivity contribution in [2.45, 2.75) is 25.9 Å². The van der Waals surface area contributed by atoms with E-state index in [9.17, 15) is 0 Å².